The van der Waals surface area contributed by atoms with E-state index in [0.29, 0.717) is 6.04 Å². The Morgan fingerprint density at radius 2 is 2.08 bits per heavy atom. The Hall–Kier alpha value is -0.570. The van der Waals surface area contributed by atoms with Crippen molar-refractivity contribution in [2.75, 3.05) is 6.61 Å². The highest BCUT2D eigenvalue weighted by atomic mass is 35.5. The van der Waals surface area contributed by atoms with Crippen LogP contribution in [0.3, 0.4) is 0 Å². The Balaban J connectivity index is 2.17. The Kier molecular flexibility index (Phi) is 2.30. The van der Waals surface area contributed by atoms with Crippen molar-refractivity contribution in [1.29, 1.82) is 0 Å². The van der Waals surface area contributed by atoms with Gasteiger partial charge in [0.2, 0.25) is 0 Å². The number of nitrogens with one attached hydrogen (secondary N) is 1. The zero-order valence-electron chi connectivity index (χ0n) is 6.59. The summed E-state index contributed by atoms with van der Waals surface area (Å²) in [6.45, 7) is 0.785. The van der Waals surface area contributed by atoms with E-state index in [1.807, 2.05) is 24.3 Å². The molecule has 0 bridgehead atoms. The van der Waals surface area contributed by atoms with Crippen LogP contribution in [0.15, 0.2) is 24.3 Å². The van der Waals surface area contributed by atoms with E-state index in [0.717, 1.165) is 18.1 Å². The summed E-state index contributed by atoms with van der Waals surface area (Å²) < 4.78 is 0. The predicted octanol–water partition coefficient (Wildman–Crippen LogP) is 2.31. The minimum atomic E-state index is 0.335. The summed E-state index contributed by atoms with van der Waals surface area (Å²) in [4.78, 5) is 5.06. The largest absolute Gasteiger partial charge is 0.301 e. The number of rotatable bonds is 1. The van der Waals surface area contributed by atoms with Crippen LogP contribution in [-0.4, -0.2) is 6.61 Å². The molecule has 0 aromatic heterocycles. The van der Waals surface area contributed by atoms with E-state index in [1.165, 1.54) is 5.56 Å². The topological polar surface area (TPSA) is 21.3 Å². The number of benzene rings is 1. The van der Waals surface area contributed by atoms with Crippen molar-refractivity contribution >= 4 is 11.6 Å². The van der Waals surface area contributed by atoms with Crippen molar-refractivity contribution in [2.45, 2.75) is 12.5 Å². The molecule has 2 rings (SSSR count). The Morgan fingerprint density at radius 1 is 1.33 bits per heavy atom. The summed E-state index contributed by atoms with van der Waals surface area (Å²) >= 11 is 5.77. The summed E-state index contributed by atoms with van der Waals surface area (Å²) in [6.07, 6.45) is 1.03. The molecule has 1 saturated heterocycles. The minimum Gasteiger partial charge on any atom is -0.301 e. The van der Waals surface area contributed by atoms with Gasteiger partial charge in [0.05, 0.1) is 12.6 Å². The van der Waals surface area contributed by atoms with Crippen molar-refractivity contribution in [2.24, 2.45) is 0 Å². The average Bonchev–Trinajstić information content (AvgIpc) is 2.58. The third-order valence-corrected chi connectivity index (χ3v) is 2.26. The maximum atomic E-state index is 5.77. The first-order chi connectivity index (χ1) is 5.86. The molecular weight excluding hydrogens is 174 g/mol. The van der Waals surface area contributed by atoms with Crippen LogP contribution in [0, 0.1) is 0 Å². The summed E-state index contributed by atoms with van der Waals surface area (Å²) in [5, 5.41) is 0.776. The van der Waals surface area contributed by atoms with E-state index < -0.39 is 0 Å². The second-order valence-electron chi connectivity index (χ2n) is 2.86. The Morgan fingerprint density at radius 3 is 2.67 bits per heavy atom. The molecule has 3 heteroatoms. The SMILES string of the molecule is Clc1ccc([C@@H]2CCON2)cc1. The van der Waals surface area contributed by atoms with Crippen molar-refractivity contribution < 1.29 is 4.84 Å². The van der Waals surface area contributed by atoms with Crippen LogP contribution in [0.1, 0.15) is 18.0 Å². The van der Waals surface area contributed by atoms with Crippen molar-refractivity contribution in [3.8, 4) is 0 Å². The fraction of sp³-hybridized carbons (Fsp3) is 0.333. The molecule has 0 aliphatic carbocycles. The molecule has 1 aliphatic heterocycles. The summed E-state index contributed by atoms with van der Waals surface area (Å²) in [5.74, 6) is 0. The number of hydrogen-bond donors (Lipinski definition) is 1. The first-order valence-corrected chi connectivity index (χ1v) is 4.37. The van der Waals surface area contributed by atoms with Crippen molar-refractivity contribution in [1.82, 2.24) is 5.48 Å². The third-order valence-electron chi connectivity index (χ3n) is 2.01. The molecule has 0 unspecified atom stereocenters. The normalized spacial score (nSPS) is 22.9. The summed E-state index contributed by atoms with van der Waals surface area (Å²) in [5.41, 5.74) is 4.18. The highest BCUT2D eigenvalue weighted by molar-refractivity contribution is 6.30. The van der Waals surface area contributed by atoms with Crippen LogP contribution in [-0.2, 0) is 4.84 Å². The van der Waals surface area contributed by atoms with Gasteiger partial charge in [0.1, 0.15) is 0 Å². The van der Waals surface area contributed by atoms with E-state index in [1.54, 1.807) is 0 Å². The van der Waals surface area contributed by atoms with Gasteiger partial charge in [-0.2, -0.15) is 5.48 Å². The van der Waals surface area contributed by atoms with Gasteiger partial charge < -0.3 is 4.84 Å². The van der Waals surface area contributed by atoms with Crippen LogP contribution in [0.5, 0.6) is 0 Å². The highest BCUT2D eigenvalue weighted by Gasteiger charge is 2.16. The zero-order chi connectivity index (χ0) is 8.39. The van der Waals surface area contributed by atoms with Gasteiger partial charge in [0.15, 0.2) is 0 Å². The van der Waals surface area contributed by atoms with Crippen LogP contribution in [0.4, 0.5) is 0 Å². The number of halogens is 1. The third kappa shape index (κ3) is 1.61. The summed E-state index contributed by atoms with van der Waals surface area (Å²) in [7, 11) is 0. The van der Waals surface area contributed by atoms with Gasteiger partial charge in [-0.3, -0.25) is 0 Å². The molecule has 1 aromatic rings. The van der Waals surface area contributed by atoms with Crippen LogP contribution < -0.4 is 5.48 Å². The minimum absolute atomic E-state index is 0.335. The quantitative estimate of drug-likeness (QED) is 0.722. The lowest BCUT2D eigenvalue weighted by Gasteiger charge is -2.07. The zero-order valence-corrected chi connectivity index (χ0v) is 7.34. The molecule has 1 heterocycles. The monoisotopic (exact) mass is 183 g/mol. The van der Waals surface area contributed by atoms with E-state index in [2.05, 4.69) is 5.48 Å². The van der Waals surface area contributed by atoms with E-state index >= 15 is 0 Å². The molecule has 0 amide bonds. The molecule has 1 N–H and O–H groups in total. The molecule has 1 aliphatic rings. The maximum absolute atomic E-state index is 5.77. The average molecular weight is 184 g/mol. The van der Waals surface area contributed by atoms with Gasteiger partial charge in [0, 0.05) is 5.02 Å². The highest BCUT2D eigenvalue weighted by Crippen LogP contribution is 2.22. The lowest BCUT2D eigenvalue weighted by Crippen LogP contribution is -2.10. The smallest absolute Gasteiger partial charge is 0.0701 e. The van der Waals surface area contributed by atoms with Crippen molar-refractivity contribution in [3.05, 3.63) is 34.9 Å². The molecular formula is C9H10ClNO. The molecule has 2 nitrogen and oxygen atoms in total. The fourth-order valence-corrected chi connectivity index (χ4v) is 1.45. The molecule has 0 radical (unpaired) electrons. The molecule has 1 atom stereocenters. The lowest BCUT2D eigenvalue weighted by atomic mass is 10.1. The summed E-state index contributed by atoms with van der Waals surface area (Å²) in [6, 6.07) is 8.18. The second kappa shape index (κ2) is 3.44. The molecule has 1 fully saturated rings. The second-order valence-corrected chi connectivity index (χ2v) is 3.30. The number of hydroxylamine groups is 1. The molecule has 12 heavy (non-hydrogen) atoms. The van der Waals surface area contributed by atoms with E-state index in [4.69, 9.17) is 16.4 Å². The maximum Gasteiger partial charge on any atom is 0.0701 e. The van der Waals surface area contributed by atoms with Gasteiger partial charge in [0.25, 0.3) is 0 Å². The van der Waals surface area contributed by atoms with Gasteiger partial charge >= 0.3 is 0 Å². The lowest BCUT2D eigenvalue weighted by molar-refractivity contribution is 0.0883. The van der Waals surface area contributed by atoms with Gasteiger partial charge in [-0.25, -0.2) is 0 Å². The van der Waals surface area contributed by atoms with E-state index in [9.17, 15) is 0 Å². The molecule has 64 valence electrons. The van der Waals surface area contributed by atoms with Crippen LogP contribution in [0.25, 0.3) is 0 Å². The van der Waals surface area contributed by atoms with Gasteiger partial charge in [-0.15, -0.1) is 0 Å². The van der Waals surface area contributed by atoms with E-state index in [-0.39, 0.29) is 0 Å². The predicted molar refractivity (Wildman–Crippen MR) is 47.9 cm³/mol. The number of hydrogen-bond acceptors (Lipinski definition) is 2. The fourth-order valence-electron chi connectivity index (χ4n) is 1.33. The van der Waals surface area contributed by atoms with Crippen LogP contribution in [0.2, 0.25) is 5.02 Å². The molecule has 0 saturated carbocycles. The van der Waals surface area contributed by atoms with Gasteiger partial charge in [-0.05, 0) is 24.1 Å². The molecule has 0 spiro atoms. The first-order valence-electron chi connectivity index (χ1n) is 3.99. The Labute approximate surface area is 76.4 Å². The Bertz CT molecular complexity index is 254. The first kappa shape index (κ1) is 8.05. The molecule has 1 aromatic carbocycles. The van der Waals surface area contributed by atoms with Crippen LogP contribution >= 0.6 is 11.6 Å². The van der Waals surface area contributed by atoms with Crippen molar-refractivity contribution in [3.63, 3.8) is 0 Å². The van der Waals surface area contributed by atoms with Gasteiger partial charge in [-0.1, -0.05) is 23.7 Å². The standard InChI is InChI=1S/C9H10ClNO/c10-8-3-1-7(2-4-8)9-5-6-12-11-9/h1-4,9,11H,5-6H2/t9-/m0/s1.